The second-order valence-electron chi connectivity index (χ2n) is 5.65. The average molecular weight is 392 g/mol. The summed E-state index contributed by atoms with van der Waals surface area (Å²) in [5.74, 6) is -0.126. The molecule has 0 aliphatic rings. The molecule has 3 heterocycles. The quantitative estimate of drug-likeness (QED) is 0.662. The van der Waals surface area contributed by atoms with Gasteiger partial charge in [-0.25, -0.2) is 4.68 Å². The molecule has 126 valence electrons. The van der Waals surface area contributed by atoms with Crippen molar-refractivity contribution in [1.82, 2.24) is 34.2 Å². The van der Waals surface area contributed by atoms with Gasteiger partial charge in [-0.15, -0.1) is 0 Å². The van der Waals surface area contributed by atoms with Crippen LogP contribution in [0.1, 0.15) is 21.7 Å². The first-order chi connectivity index (χ1) is 11.4. The van der Waals surface area contributed by atoms with E-state index < -0.39 is 0 Å². The van der Waals surface area contributed by atoms with Crippen LogP contribution < -0.4 is 0 Å². The van der Waals surface area contributed by atoms with E-state index >= 15 is 0 Å². The standard InChI is InChI=1S/C15H18BrN7O/c1-11-12(8-21(3)18-11)7-20(2)15(24)14-4-5-22(19-14)10-23-9-13(16)6-17-23/h4-6,8-9H,7,10H2,1-3H3. The number of rotatable bonds is 5. The molecule has 0 saturated carbocycles. The fourth-order valence-corrected chi connectivity index (χ4v) is 2.77. The van der Waals surface area contributed by atoms with Gasteiger partial charge in [-0.05, 0) is 28.9 Å². The Morgan fingerprint density at radius 3 is 2.71 bits per heavy atom. The molecular weight excluding hydrogens is 374 g/mol. The minimum absolute atomic E-state index is 0.126. The van der Waals surface area contributed by atoms with Crippen LogP contribution in [0, 0.1) is 6.92 Å². The van der Waals surface area contributed by atoms with Crippen molar-refractivity contribution in [3.8, 4) is 0 Å². The molecular formula is C15H18BrN7O. The van der Waals surface area contributed by atoms with Crippen LogP contribution in [0.4, 0.5) is 0 Å². The summed E-state index contributed by atoms with van der Waals surface area (Å²) in [6.45, 7) is 2.88. The van der Waals surface area contributed by atoms with Crippen LogP contribution in [0.2, 0.25) is 0 Å². The first-order valence-corrected chi connectivity index (χ1v) is 8.17. The van der Waals surface area contributed by atoms with Gasteiger partial charge in [0, 0.05) is 44.8 Å². The maximum absolute atomic E-state index is 12.5. The van der Waals surface area contributed by atoms with Gasteiger partial charge in [0.25, 0.3) is 5.91 Å². The molecule has 24 heavy (non-hydrogen) atoms. The number of hydrogen-bond acceptors (Lipinski definition) is 4. The predicted octanol–water partition coefficient (Wildman–Crippen LogP) is 1.66. The number of halogens is 1. The van der Waals surface area contributed by atoms with Gasteiger partial charge in [0.1, 0.15) is 12.4 Å². The van der Waals surface area contributed by atoms with Crippen LogP contribution in [0.25, 0.3) is 0 Å². The van der Waals surface area contributed by atoms with Crippen LogP contribution in [0.5, 0.6) is 0 Å². The van der Waals surface area contributed by atoms with E-state index in [9.17, 15) is 4.79 Å². The molecule has 0 aliphatic heterocycles. The second kappa shape index (κ2) is 6.60. The Bertz CT molecular complexity index is 863. The van der Waals surface area contributed by atoms with E-state index in [4.69, 9.17) is 0 Å². The van der Waals surface area contributed by atoms with Gasteiger partial charge < -0.3 is 4.90 Å². The fourth-order valence-electron chi connectivity index (χ4n) is 2.45. The Morgan fingerprint density at radius 1 is 1.29 bits per heavy atom. The number of aryl methyl sites for hydroxylation is 2. The Balaban J connectivity index is 1.67. The molecule has 8 nitrogen and oxygen atoms in total. The van der Waals surface area contributed by atoms with E-state index in [0.717, 1.165) is 15.7 Å². The van der Waals surface area contributed by atoms with Crippen LogP contribution in [-0.4, -0.2) is 47.2 Å². The van der Waals surface area contributed by atoms with Crippen molar-refractivity contribution in [3.63, 3.8) is 0 Å². The molecule has 0 atom stereocenters. The van der Waals surface area contributed by atoms with Gasteiger partial charge in [0.05, 0.1) is 16.4 Å². The van der Waals surface area contributed by atoms with Crippen molar-refractivity contribution >= 4 is 21.8 Å². The molecule has 0 bridgehead atoms. The second-order valence-corrected chi connectivity index (χ2v) is 6.57. The molecule has 0 aliphatic carbocycles. The van der Waals surface area contributed by atoms with E-state index in [1.165, 1.54) is 0 Å². The third-order valence-electron chi connectivity index (χ3n) is 3.62. The molecule has 1 amide bonds. The third kappa shape index (κ3) is 3.56. The zero-order valence-corrected chi connectivity index (χ0v) is 15.3. The SMILES string of the molecule is Cc1nn(C)cc1CN(C)C(=O)c1ccn(Cn2cc(Br)cn2)n1. The van der Waals surface area contributed by atoms with Crippen molar-refractivity contribution in [1.29, 1.82) is 0 Å². The summed E-state index contributed by atoms with van der Waals surface area (Å²) < 4.78 is 6.06. The number of amides is 1. The van der Waals surface area contributed by atoms with E-state index in [2.05, 4.69) is 31.2 Å². The van der Waals surface area contributed by atoms with E-state index in [0.29, 0.717) is 18.9 Å². The molecule has 0 radical (unpaired) electrons. The molecule has 0 saturated heterocycles. The van der Waals surface area contributed by atoms with Gasteiger partial charge in [0.15, 0.2) is 0 Å². The Hall–Kier alpha value is -2.42. The maximum atomic E-state index is 12.5. The summed E-state index contributed by atoms with van der Waals surface area (Å²) in [5.41, 5.74) is 2.35. The molecule has 3 rings (SSSR count). The highest BCUT2D eigenvalue weighted by atomic mass is 79.9. The Morgan fingerprint density at radius 2 is 2.08 bits per heavy atom. The van der Waals surface area contributed by atoms with Crippen molar-refractivity contribution < 1.29 is 4.79 Å². The molecule has 9 heteroatoms. The number of carbonyl (C=O) groups excluding carboxylic acids is 1. The van der Waals surface area contributed by atoms with Crippen LogP contribution in [0.15, 0.2) is 35.3 Å². The fraction of sp³-hybridized carbons (Fsp3) is 0.333. The van der Waals surface area contributed by atoms with Crippen LogP contribution in [-0.2, 0) is 20.3 Å². The van der Waals surface area contributed by atoms with Crippen molar-refractivity contribution in [2.75, 3.05) is 7.05 Å². The summed E-state index contributed by atoms with van der Waals surface area (Å²) in [6, 6.07) is 1.72. The molecule has 0 spiro atoms. The average Bonchev–Trinajstić information content (AvgIpc) is 3.21. The lowest BCUT2D eigenvalue weighted by molar-refractivity contribution is 0.0778. The zero-order chi connectivity index (χ0) is 17.3. The summed E-state index contributed by atoms with van der Waals surface area (Å²) in [5, 5.41) is 12.8. The van der Waals surface area contributed by atoms with Gasteiger partial charge in [-0.1, -0.05) is 0 Å². The van der Waals surface area contributed by atoms with Gasteiger partial charge >= 0.3 is 0 Å². The number of carbonyl (C=O) groups is 1. The minimum Gasteiger partial charge on any atom is -0.336 e. The van der Waals surface area contributed by atoms with Gasteiger partial charge in [-0.3, -0.25) is 14.2 Å². The number of nitrogens with zero attached hydrogens (tertiary/aromatic N) is 7. The molecule has 0 unspecified atom stereocenters. The van der Waals surface area contributed by atoms with E-state index in [1.807, 2.05) is 26.4 Å². The van der Waals surface area contributed by atoms with Crippen molar-refractivity contribution in [2.45, 2.75) is 20.1 Å². The topological polar surface area (TPSA) is 73.8 Å². The Kier molecular flexibility index (Phi) is 4.52. The first-order valence-electron chi connectivity index (χ1n) is 7.38. The van der Waals surface area contributed by atoms with Gasteiger partial charge in [-0.2, -0.15) is 15.3 Å². The molecule has 3 aromatic rings. The summed E-state index contributed by atoms with van der Waals surface area (Å²) in [6.07, 6.45) is 7.25. The van der Waals surface area contributed by atoms with E-state index in [-0.39, 0.29) is 5.91 Å². The first kappa shape index (κ1) is 16.4. The number of hydrogen-bond donors (Lipinski definition) is 0. The summed E-state index contributed by atoms with van der Waals surface area (Å²) in [7, 11) is 3.63. The Labute approximate surface area is 147 Å². The highest BCUT2D eigenvalue weighted by Crippen LogP contribution is 2.11. The lowest BCUT2D eigenvalue weighted by Gasteiger charge is -2.15. The monoisotopic (exact) mass is 391 g/mol. The third-order valence-corrected chi connectivity index (χ3v) is 4.03. The van der Waals surface area contributed by atoms with Crippen LogP contribution >= 0.6 is 15.9 Å². The highest BCUT2D eigenvalue weighted by molar-refractivity contribution is 9.10. The minimum atomic E-state index is -0.126. The summed E-state index contributed by atoms with van der Waals surface area (Å²) >= 11 is 3.35. The normalized spacial score (nSPS) is 11.0. The summed E-state index contributed by atoms with van der Waals surface area (Å²) in [4.78, 5) is 14.2. The van der Waals surface area contributed by atoms with Gasteiger partial charge in [0.2, 0.25) is 0 Å². The van der Waals surface area contributed by atoms with E-state index in [1.54, 1.807) is 44.5 Å². The predicted molar refractivity (Wildman–Crippen MR) is 91.3 cm³/mol. The number of aromatic nitrogens is 6. The van der Waals surface area contributed by atoms with Crippen molar-refractivity contribution in [2.24, 2.45) is 7.05 Å². The van der Waals surface area contributed by atoms with Crippen LogP contribution in [0.3, 0.4) is 0 Å². The molecule has 0 fully saturated rings. The molecule has 3 aromatic heterocycles. The maximum Gasteiger partial charge on any atom is 0.274 e. The zero-order valence-electron chi connectivity index (χ0n) is 13.7. The largest absolute Gasteiger partial charge is 0.336 e. The molecule has 0 aromatic carbocycles. The lowest BCUT2D eigenvalue weighted by Crippen LogP contribution is -2.27. The molecule has 0 N–H and O–H groups in total. The highest BCUT2D eigenvalue weighted by Gasteiger charge is 2.17. The lowest BCUT2D eigenvalue weighted by atomic mass is 10.2. The smallest absolute Gasteiger partial charge is 0.274 e. The van der Waals surface area contributed by atoms with Crippen molar-refractivity contribution in [3.05, 3.63) is 52.3 Å².